The van der Waals surface area contributed by atoms with Gasteiger partial charge >= 0.3 is 0 Å². The van der Waals surface area contributed by atoms with Crippen molar-refractivity contribution in [1.29, 1.82) is 0 Å². The predicted octanol–water partition coefficient (Wildman–Crippen LogP) is 4.33. The fraction of sp³-hybridized carbons (Fsp3) is 0.667. The van der Waals surface area contributed by atoms with E-state index in [9.17, 15) is 4.39 Å². The van der Waals surface area contributed by atoms with Crippen molar-refractivity contribution in [1.82, 2.24) is 5.32 Å². The molecule has 1 aliphatic rings. The van der Waals surface area contributed by atoms with Gasteiger partial charge in [-0.05, 0) is 57.1 Å². The highest BCUT2D eigenvalue weighted by Gasteiger charge is 2.35. The van der Waals surface area contributed by atoms with Crippen LogP contribution in [0.15, 0.2) is 18.2 Å². The number of halogens is 1. The Bertz CT molecular complexity index is 473. The Kier molecular flexibility index (Phi) is 4.92. The molecule has 3 heteroatoms. The molecule has 0 radical (unpaired) electrons. The summed E-state index contributed by atoms with van der Waals surface area (Å²) in [5.74, 6) is 0.159. The van der Waals surface area contributed by atoms with Gasteiger partial charge in [-0.3, -0.25) is 0 Å². The molecule has 2 nitrogen and oxygen atoms in total. The highest BCUT2D eigenvalue weighted by Crippen LogP contribution is 2.41. The third-order valence-electron chi connectivity index (χ3n) is 4.49. The monoisotopic (exact) mass is 293 g/mol. The molecule has 2 rings (SSSR count). The summed E-state index contributed by atoms with van der Waals surface area (Å²) in [6, 6.07) is 5.47. The molecular formula is C18H28FNO. The van der Waals surface area contributed by atoms with Gasteiger partial charge in [0.2, 0.25) is 0 Å². The lowest BCUT2D eigenvalue weighted by Gasteiger charge is -2.34. The third-order valence-corrected chi connectivity index (χ3v) is 4.49. The van der Waals surface area contributed by atoms with Crippen LogP contribution in [0.25, 0.3) is 0 Å². The zero-order chi connectivity index (χ0) is 15.5. The molecule has 0 saturated heterocycles. The molecular weight excluding hydrogens is 265 g/mol. The lowest BCUT2D eigenvalue weighted by Crippen LogP contribution is -2.44. The van der Waals surface area contributed by atoms with Crippen LogP contribution in [0.1, 0.15) is 52.0 Å². The van der Waals surface area contributed by atoms with Crippen LogP contribution in [0, 0.1) is 11.2 Å². The highest BCUT2D eigenvalue weighted by atomic mass is 19.1. The summed E-state index contributed by atoms with van der Waals surface area (Å²) in [4.78, 5) is 0. The lowest BCUT2D eigenvalue weighted by molar-refractivity contribution is 0.241. The minimum absolute atomic E-state index is 0.0997. The van der Waals surface area contributed by atoms with Crippen LogP contribution in [-0.2, 0) is 6.42 Å². The molecule has 1 aliphatic carbocycles. The zero-order valence-corrected chi connectivity index (χ0v) is 13.8. The first-order chi connectivity index (χ1) is 9.85. The van der Waals surface area contributed by atoms with Gasteiger partial charge in [0.1, 0.15) is 0 Å². The predicted molar refractivity (Wildman–Crippen MR) is 85.3 cm³/mol. The maximum absolute atomic E-state index is 14.4. The van der Waals surface area contributed by atoms with E-state index in [2.05, 4.69) is 26.1 Å². The maximum Gasteiger partial charge on any atom is 0.168 e. The van der Waals surface area contributed by atoms with Crippen molar-refractivity contribution in [3.05, 3.63) is 29.6 Å². The smallest absolute Gasteiger partial charge is 0.168 e. The summed E-state index contributed by atoms with van der Waals surface area (Å²) in [5, 5.41) is 3.62. The van der Waals surface area contributed by atoms with Gasteiger partial charge in [0, 0.05) is 12.1 Å². The third kappa shape index (κ3) is 4.19. The Labute approximate surface area is 128 Å². The molecule has 0 aliphatic heterocycles. The van der Waals surface area contributed by atoms with Gasteiger partial charge in [0.15, 0.2) is 11.6 Å². The van der Waals surface area contributed by atoms with Crippen molar-refractivity contribution in [2.24, 2.45) is 5.41 Å². The van der Waals surface area contributed by atoms with Crippen LogP contribution >= 0.6 is 0 Å². The van der Waals surface area contributed by atoms with Gasteiger partial charge in [-0.1, -0.05) is 25.0 Å². The first kappa shape index (κ1) is 16.3. The number of hydrogen-bond acceptors (Lipinski definition) is 2. The normalized spacial score (nSPS) is 18.0. The Hall–Kier alpha value is -1.09. The average molecular weight is 293 g/mol. The molecule has 21 heavy (non-hydrogen) atoms. The summed E-state index contributed by atoms with van der Waals surface area (Å²) in [5.41, 5.74) is 1.06. The zero-order valence-electron chi connectivity index (χ0n) is 13.8. The van der Waals surface area contributed by atoms with E-state index < -0.39 is 0 Å². The van der Waals surface area contributed by atoms with Crippen LogP contribution in [-0.4, -0.2) is 19.2 Å². The summed E-state index contributed by atoms with van der Waals surface area (Å²) < 4.78 is 19.5. The molecule has 1 aromatic rings. The van der Waals surface area contributed by atoms with Crippen LogP contribution in [0.2, 0.25) is 0 Å². The standard InChI is InChI=1S/C18H28FNO/c1-17(2,3)20-13-18(10-5-6-11-18)12-14-8-7-9-15(21-4)16(14)19/h7-9,20H,5-6,10-13H2,1-4H3. The molecule has 0 aromatic heterocycles. The fourth-order valence-corrected chi connectivity index (χ4v) is 3.25. The van der Waals surface area contributed by atoms with Crippen molar-refractivity contribution in [2.45, 2.75) is 58.4 Å². The minimum Gasteiger partial charge on any atom is -0.494 e. The van der Waals surface area contributed by atoms with Crippen molar-refractivity contribution in [3.8, 4) is 5.75 Å². The summed E-state index contributed by atoms with van der Waals surface area (Å²) >= 11 is 0. The molecule has 118 valence electrons. The first-order valence-electron chi connectivity index (χ1n) is 7.92. The molecule has 0 spiro atoms. The number of hydrogen-bond donors (Lipinski definition) is 1. The molecule has 1 saturated carbocycles. The number of nitrogens with one attached hydrogen (secondary N) is 1. The van der Waals surface area contributed by atoms with Gasteiger partial charge in [0.25, 0.3) is 0 Å². The molecule has 0 bridgehead atoms. The number of methoxy groups -OCH3 is 1. The summed E-state index contributed by atoms with van der Waals surface area (Å²) in [7, 11) is 1.52. The lowest BCUT2D eigenvalue weighted by atomic mass is 9.79. The van der Waals surface area contributed by atoms with Crippen molar-refractivity contribution >= 4 is 0 Å². The van der Waals surface area contributed by atoms with E-state index in [0.717, 1.165) is 18.5 Å². The van der Waals surface area contributed by atoms with E-state index in [1.165, 1.54) is 32.8 Å². The van der Waals surface area contributed by atoms with E-state index >= 15 is 0 Å². The molecule has 1 fully saturated rings. The van der Waals surface area contributed by atoms with E-state index in [0.29, 0.717) is 5.75 Å². The second kappa shape index (κ2) is 6.35. The quantitative estimate of drug-likeness (QED) is 0.872. The van der Waals surface area contributed by atoms with Crippen LogP contribution in [0.5, 0.6) is 5.75 Å². The van der Waals surface area contributed by atoms with E-state index in [4.69, 9.17) is 4.74 Å². The second-order valence-corrected chi connectivity index (χ2v) is 7.42. The van der Waals surface area contributed by atoms with Crippen LogP contribution in [0.4, 0.5) is 4.39 Å². The molecule has 0 amide bonds. The Balaban J connectivity index is 2.16. The molecule has 0 atom stereocenters. The summed E-state index contributed by atoms with van der Waals surface area (Å²) in [6.07, 6.45) is 5.63. The fourth-order valence-electron chi connectivity index (χ4n) is 3.25. The van der Waals surface area contributed by atoms with Crippen molar-refractivity contribution in [3.63, 3.8) is 0 Å². The van der Waals surface area contributed by atoms with Gasteiger partial charge in [-0.25, -0.2) is 4.39 Å². The van der Waals surface area contributed by atoms with E-state index in [1.54, 1.807) is 6.07 Å². The number of ether oxygens (including phenoxy) is 1. The minimum atomic E-state index is -0.193. The Morgan fingerprint density at radius 1 is 1.24 bits per heavy atom. The molecule has 1 N–H and O–H groups in total. The topological polar surface area (TPSA) is 21.3 Å². The van der Waals surface area contributed by atoms with Crippen LogP contribution in [0.3, 0.4) is 0 Å². The second-order valence-electron chi connectivity index (χ2n) is 7.42. The van der Waals surface area contributed by atoms with Crippen molar-refractivity contribution in [2.75, 3.05) is 13.7 Å². The summed E-state index contributed by atoms with van der Waals surface area (Å²) in [6.45, 7) is 7.50. The van der Waals surface area contributed by atoms with Gasteiger partial charge in [0.05, 0.1) is 7.11 Å². The number of rotatable bonds is 5. The molecule has 0 unspecified atom stereocenters. The van der Waals surface area contributed by atoms with E-state index in [1.807, 2.05) is 12.1 Å². The Morgan fingerprint density at radius 2 is 1.90 bits per heavy atom. The van der Waals surface area contributed by atoms with Crippen LogP contribution < -0.4 is 10.1 Å². The largest absolute Gasteiger partial charge is 0.494 e. The maximum atomic E-state index is 14.4. The highest BCUT2D eigenvalue weighted by molar-refractivity contribution is 5.32. The average Bonchev–Trinajstić information content (AvgIpc) is 2.87. The van der Waals surface area contributed by atoms with Crippen molar-refractivity contribution < 1.29 is 9.13 Å². The van der Waals surface area contributed by atoms with Gasteiger partial charge < -0.3 is 10.1 Å². The number of benzene rings is 1. The first-order valence-corrected chi connectivity index (χ1v) is 7.92. The Morgan fingerprint density at radius 3 is 2.48 bits per heavy atom. The van der Waals surface area contributed by atoms with E-state index in [-0.39, 0.29) is 16.8 Å². The van der Waals surface area contributed by atoms with Gasteiger partial charge in [-0.15, -0.1) is 0 Å². The molecule has 1 aromatic carbocycles. The molecule has 0 heterocycles. The SMILES string of the molecule is COc1cccc(CC2(CNC(C)(C)C)CCCC2)c1F. The van der Waals surface area contributed by atoms with Gasteiger partial charge in [-0.2, -0.15) is 0 Å².